The van der Waals surface area contributed by atoms with Gasteiger partial charge in [0.1, 0.15) is 0 Å². The van der Waals surface area contributed by atoms with Crippen LogP contribution >= 0.6 is 0 Å². The highest BCUT2D eigenvalue weighted by molar-refractivity contribution is 5.21. The molecule has 0 aliphatic carbocycles. The van der Waals surface area contributed by atoms with Gasteiger partial charge in [-0.1, -0.05) is 0 Å². The van der Waals surface area contributed by atoms with E-state index in [2.05, 4.69) is 9.97 Å². The quantitative estimate of drug-likeness (QED) is 0.824. The summed E-state index contributed by atoms with van der Waals surface area (Å²) in [4.78, 5) is 8.13. The van der Waals surface area contributed by atoms with E-state index in [1.807, 2.05) is 16.7 Å². The summed E-state index contributed by atoms with van der Waals surface area (Å²) in [6, 6.07) is 3.85. The predicted octanol–water partition coefficient (Wildman–Crippen LogP) is 0.794. The van der Waals surface area contributed by atoms with Crippen molar-refractivity contribution in [1.82, 2.24) is 14.5 Å². The Kier molecular flexibility index (Phi) is 3.16. The molecule has 2 rings (SSSR count). The van der Waals surface area contributed by atoms with Gasteiger partial charge in [-0.15, -0.1) is 0 Å². The minimum absolute atomic E-state index is 0.488. The first kappa shape index (κ1) is 10.6. The zero-order valence-corrected chi connectivity index (χ0v) is 9.13. The van der Waals surface area contributed by atoms with Gasteiger partial charge in [0.25, 0.3) is 0 Å². The topological polar surface area (TPSA) is 66.0 Å². The van der Waals surface area contributed by atoms with Gasteiger partial charge < -0.3 is 15.0 Å². The van der Waals surface area contributed by atoms with Gasteiger partial charge in [0.05, 0.1) is 19.1 Å². The molecule has 5 nitrogen and oxygen atoms in total. The van der Waals surface area contributed by atoms with Crippen molar-refractivity contribution in [2.75, 3.05) is 7.11 Å². The molecule has 84 valence electrons. The van der Waals surface area contributed by atoms with Crippen molar-refractivity contribution in [3.63, 3.8) is 0 Å². The van der Waals surface area contributed by atoms with Gasteiger partial charge in [0.15, 0.2) is 0 Å². The fourth-order valence-corrected chi connectivity index (χ4v) is 1.52. The molecule has 0 fully saturated rings. The summed E-state index contributed by atoms with van der Waals surface area (Å²) < 4.78 is 7.08. The maximum Gasteiger partial charge on any atom is 0.213 e. The molecular formula is C11H14N4O. The third-order valence-electron chi connectivity index (χ3n) is 2.37. The van der Waals surface area contributed by atoms with Crippen LogP contribution in [0, 0.1) is 0 Å². The van der Waals surface area contributed by atoms with Gasteiger partial charge >= 0.3 is 0 Å². The third kappa shape index (κ3) is 2.20. The number of hydrogen-bond donors (Lipinski definition) is 1. The lowest BCUT2D eigenvalue weighted by atomic mass is 10.2. The van der Waals surface area contributed by atoms with Crippen LogP contribution in [0.2, 0.25) is 0 Å². The summed E-state index contributed by atoms with van der Waals surface area (Å²) in [6.07, 6.45) is 5.28. The summed E-state index contributed by atoms with van der Waals surface area (Å²) in [5.41, 5.74) is 7.73. The molecular weight excluding hydrogens is 204 g/mol. The number of nitrogens with zero attached hydrogens (tertiary/aromatic N) is 3. The molecule has 0 bridgehead atoms. The molecule has 2 heterocycles. The van der Waals surface area contributed by atoms with Crippen molar-refractivity contribution in [2.24, 2.45) is 5.73 Å². The number of rotatable bonds is 4. The van der Waals surface area contributed by atoms with E-state index >= 15 is 0 Å². The molecule has 0 saturated carbocycles. The molecule has 2 N–H and O–H groups in total. The van der Waals surface area contributed by atoms with E-state index in [0.717, 1.165) is 17.8 Å². The van der Waals surface area contributed by atoms with Gasteiger partial charge in [-0.25, -0.2) is 9.97 Å². The van der Waals surface area contributed by atoms with Crippen molar-refractivity contribution < 1.29 is 4.74 Å². The Morgan fingerprint density at radius 3 is 3.12 bits per heavy atom. The Bertz CT molecular complexity index is 467. The molecule has 0 aliphatic rings. The van der Waals surface area contributed by atoms with Crippen LogP contribution in [-0.2, 0) is 13.1 Å². The number of imidazole rings is 1. The fourth-order valence-electron chi connectivity index (χ4n) is 1.52. The van der Waals surface area contributed by atoms with Crippen LogP contribution in [0.3, 0.4) is 0 Å². The number of pyridine rings is 1. The summed E-state index contributed by atoms with van der Waals surface area (Å²) in [5.74, 6) is 0.618. The third-order valence-corrected chi connectivity index (χ3v) is 2.37. The Balaban J connectivity index is 2.20. The number of nitrogens with two attached hydrogens (primary N) is 1. The Labute approximate surface area is 93.9 Å². The van der Waals surface area contributed by atoms with E-state index in [9.17, 15) is 0 Å². The van der Waals surface area contributed by atoms with E-state index in [-0.39, 0.29) is 0 Å². The summed E-state index contributed by atoms with van der Waals surface area (Å²) in [5, 5.41) is 0. The fraction of sp³-hybridized carbons (Fsp3) is 0.273. The highest BCUT2D eigenvalue weighted by Crippen LogP contribution is 2.11. The molecule has 0 saturated heterocycles. The monoisotopic (exact) mass is 218 g/mol. The van der Waals surface area contributed by atoms with Gasteiger partial charge in [0, 0.05) is 31.5 Å². The largest absolute Gasteiger partial charge is 0.481 e. The second-order valence-electron chi connectivity index (χ2n) is 3.42. The first-order valence-corrected chi connectivity index (χ1v) is 5.01. The van der Waals surface area contributed by atoms with Crippen molar-refractivity contribution in [2.45, 2.75) is 13.1 Å². The summed E-state index contributed by atoms with van der Waals surface area (Å²) >= 11 is 0. The van der Waals surface area contributed by atoms with Crippen LogP contribution in [0.5, 0.6) is 5.88 Å². The van der Waals surface area contributed by atoms with Crippen molar-refractivity contribution in [1.29, 1.82) is 0 Å². The van der Waals surface area contributed by atoms with Crippen molar-refractivity contribution in [3.8, 4) is 5.88 Å². The minimum atomic E-state index is 0.488. The normalized spacial score (nSPS) is 10.4. The predicted molar refractivity (Wildman–Crippen MR) is 60.0 cm³/mol. The van der Waals surface area contributed by atoms with Gasteiger partial charge in [0.2, 0.25) is 5.88 Å². The average Bonchev–Trinajstić information content (AvgIpc) is 2.76. The zero-order valence-electron chi connectivity index (χ0n) is 9.13. The Morgan fingerprint density at radius 1 is 1.50 bits per heavy atom. The van der Waals surface area contributed by atoms with E-state index < -0.39 is 0 Å². The van der Waals surface area contributed by atoms with Gasteiger partial charge in [-0.3, -0.25) is 0 Å². The van der Waals surface area contributed by atoms with Crippen molar-refractivity contribution in [3.05, 3.63) is 42.1 Å². The smallest absolute Gasteiger partial charge is 0.213 e. The van der Waals surface area contributed by atoms with Crippen LogP contribution in [-0.4, -0.2) is 21.6 Å². The molecule has 16 heavy (non-hydrogen) atoms. The van der Waals surface area contributed by atoms with Crippen LogP contribution < -0.4 is 10.5 Å². The first-order chi connectivity index (χ1) is 7.83. The molecule has 0 radical (unpaired) electrons. The average molecular weight is 218 g/mol. The molecule has 0 spiro atoms. The Morgan fingerprint density at radius 2 is 2.38 bits per heavy atom. The van der Waals surface area contributed by atoms with E-state index in [4.69, 9.17) is 10.5 Å². The maximum atomic E-state index is 5.61. The van der Waals surface area contributed by atoms with E-state index in [0.29, 0.717) is 12.4 Å². The van der Waals surface area contributed by atoms with Gasteiger partial charge in [-0.05, 0) is 11.6 Å². The molecule has 2 aromatic rings. The number of hydrogen-bond acceptors (Lipinski definition) is 4. The lowest BCUT2D eigenvalue weighted by molar-refractivity contribution is 0.397. The number of ether oxygens (including phenoxy) is 1. The first-order valence-electron chi connectivity index (χ1n) is 5.01. The van der Waals surface area contributed by atoms with Crippen LogP contribution in [0.4, 0.5) is 0 Å². The van der Waals surface area contributed by atoms with Gasteiger partial charge in [-0.2, -0.15) is 0 Å². The Hall–Kier alpha value is -1.88. The van der Waals surface area contributed by atoms with Crippen LogP contribution in [0.15, 0.2) is 30.9 Å². The highest BCUT2D eigenvalue weighted by Gasteiger charge is 2.02. The molecule has 5 heteroatoms. The second kappa shape index (κ2) is 4.76. The molecule has 2 aromatic heterocycles. The van der Waals surface area contributed by atoms with Crippen LogP contribution in [0.25, 0.3) is 0 Å². The van der Waals surface area contributed by atoms with Crippen molar-refractivity contribution >= 4 is 0 Å². The summed E-state index contributed by atoms with van der Waals surface area (Å²) in [6.45, 7) is 1.22. The molecule has 0 aliphatic heterocycles. The number of aromatic nitrogens is 3. The maximum absolute atomic E-state index is 5.61. The number of methoxy groups -OCH3 is 1. The molecule has 0 amide bonds. The lowest BCUT2D eigenvalue weighted by Crippen LogP contribution is -2.07. The minimum Gasteiger partial charge on any atom is -0.481 e. The highest BCUT2D eigenvalue weighted by atomic mass is 16.5. The van der Waals surface area contributed by atoms with E-state index in [1.165, 1.54) is 0 Å². The summed E-state index contributed by atoms with van der Waals surface area (Å²) in [7, 11) is 1.61. The standard InChI is InChI=1S/C11H14N4O/c1-16-11-4-9(2-3-14-11)7-15-8-13-6-10(15)5-12/h2-4,6,8H,5,7,12H2,1H3. The SMILES string of the molecule is COc1cc(Cn2cncc2CN)ccn1. The molecule has 0 atom stereocenters. The lowest BCUT2D eigenvalue weighted by Gasteiger charge is -2.07. The molecule has 0 aromatic carbocycles. The van der Waals surface area contributed by atoms with Crippen LogP contribution in [0.1, 0.15) is 11.3 Å². The van der Waals surface area contributed by atoms with E-state index in [1.54, 1.807) is 25.8 Å². The molecule has 0 unspecified atom stereocenters. The second-order valence-corrected chi connectivity index (χ2v) is 3.42. The zero-order chi connectivity index (χ0) is 11.4.